The molecule has 23 heavy (non-hydrogen) atoms. The maximum Gasteiger partial charge on any atom is 0.204 e. The molecule has 3 N–H and O–H groups in total. The van der Waals surface area contributed by atoms with Gasteiger partial charge in [-0.05, 0) is 18.2 Å². The normalized spacial score (nSPS) is 12.5. The van der Waals surface area contributed by atoms with Crippen LogP contribution in [0.3, 0.4) is 0 Å². The number of halogens is 1. The number of fused-ring (bicyclic) bond motifs is 1. The minimum Gasteiger partial charge on any atom is -0.395 e. The van der Waals surface area contributed by atoms with E-state index in [-0.39, 0.29) is 6.61 Å². The molecule has 0 saturated carbocycles. The van der Waals surface area contributed by atoms with Crippen LogP contribution < -0.4 is 5.32 Å². The fourth-order valence-electron chi connectivity index (χ4n) is 2.58. The maximum absolute atomic E-state index is 10.6. The summed E-state index contributed by atoms with van der Waals surface area (Å²) in [6.45, 7) is 0.722. The molecule has 0 fully saturated rings. The van der Waals surface area contributed by atoms with E-state index in [2.05, 4.69) is 10.3 Å². The first-order valence-corrected chi connectivity index (χ1v) is 7.81. The molecule has 1 heterocycles. The minimum atomic E-state index is -0.754. The van der Waals surface area contributed by atoms with Crippen molar-refractivity contribution >= 4 is 28.6 Å². The summed E-state index contributed by atoms with van der Waals surface area (Å²) in [7, 11) is 0. The van der Waals surface area contributed by atoms with Gasteiger partial charge in [0.25, 0.3) is 0 Å². The topological polar surface area (TPSA) is 70.3 Å². The molecule has 1 atom stereocenters. The number of para-hydroxylation sites is 2. The molecule has 3 aromatic rings. The standard InChI is InChI=1S/C17H18ClN3O2/c18-13-6-2-1-5-12(13)16(23)11-21-15-8-4-3-7-14(15)20-17(21)19-9-10-22/h1-8,16,22-23H,9-11H2,(H,19,20). The van der Waals surface area contributed by atoms with Crippen LogP contribution >= 0.6 is 11.6 Å². The monoisotopic (exact) mass is 331 g/mol. The highest BCUT2D eigenvalue weighted by Crippen LogP contribution is 2.27. The molecule has 0 spiro atoms. The lowest BCUT2D eigenvalue weighted by Crippen LogP contribution is -2.15. The van der Waals surface area contributed by atoms with E-state index in [1.807, 2.05) is 47.0 Å². The predicted octanol–water partition coefficient (Wildman–Crippen LogP) is 2.83. The Labute approximate surface area is 139 Å². The molecule has 0 bridgehead atoms. The second-order valence-corrected chi connectivity index (χ2v) is 5.63. The molecule has 3 rings (SSSR count). The molecule has 0 aliphatic rings. The molecule has 2 aromatic carbocycles. The first-order valence-electron chi connectivity index (χ1n) is 7.43. The number of hydrogen-bond donors (Lipinski definition) is 3. The van der Waals surface area contributed by atoms with Crippen molar-refractivity contribution in [2.24, 2.45) is 0 Å². The van der Waals surface area contributed by atoms with Crippen LogP contribution in [0.4, 0.5) is 5.95 Å². The second kappa shape index (κ2) is 7.00. The molecule has 1 aromatic heterocycles. The highest BCUT2D eigenvalue weighted by molar-refractivity contribution is 6.31. The van der Waals surface area contributed by atoms with Crippen LogP contribution in [-0.4, -0.2) is 32.9 Å². The van der Waals surface area contributed by atoms with Crippen molar-refractivity contribution in [1.82, 2.24) is 9.55 Å². The Morgan fingerprint density at radius 2 is 1.87 bits per heavy atom. The quantitative estimate of drug-likeness (QED) is 0.649. The van der Waals surface area contributed by atoms with Crippen molar-refractivity contribution in [3.05, 3.63) is 59.1 Å². The molecule has 0 saturated heterocycles. The first kappa shape index (κ1) is 15.8. The van der Waals surface area contributed by atoms with Crippen LogP contribution in [0.25, 0.3) is 11.0 Å². The zero-order chi connectivity index (χ0) is 16.2. The molecular formula is C17H18ClN3O2. The van der Waals surface area contributed by atoms with Crippen LogP contribution in [0.2, 0.25) is 5.02 Å². The van der Waals surface area contributed by atoms with E-state index in [0.717, 1.165) is 11.0 Å². The van der Waals surface area contributed by atoms with Gasteiger partial charge in [0.1, 0.15) is 0 Å². The lowest BCUT2D eigenvalue weighted by atomic mass is 10.1. The smallest absolute Gasteiger partial charge is 0.204 e. The Morgan fingerprint density at radius 3 is 2.65 bits per heavy atom. The number of anilines is 1. The van der Waals surface area contributed by atoms with Crippen LogP contribution in [-0.2, 0) is 6.54 Å². The van der Waals surface area contributed by atoms with Crippen molar-refractivity contribution < 1.29 is 10.2 Å². The molecule has 1 unspecified atom stereocenters. The van der Waals surface area contributed by atoms with E-state index in [1.165, 1.54) is 0 Å². The van der Waals surface area contributed by atoms with E-state index < -0.39 is 6.10 Å². The Morgan fingerprint density at radius 1 is 1.13 bits per heavy atom. The number of hydrogen-bond acceptors (Lipinski definition) is 4. The van der Waals surface area contributed by atoms with E-state index in [0.29, 0.717) is 29.6 Å². The molecule has 120 valence electrons. The van der Waals surface area contributed by atoms with Gasteiger partial charge in [0.15, 0.2) is 0 Å². The molecule has 0 amide bonds. The van der Waals surface area contributed by atoms with Crippen molar-refractivity contribution in [3.8, 4) is 0 Å². The fourth-order valence-corrected chi connectivity index (χ4v) is 2.84. The van der Waals surface area contributed by atoms with Gasteiger partial charge in [-0.3, -0.25) is 0 Å². The number of rotatable bonds is 6. The summed E-state index contributed by atoms with van der Waals surface area (Å²) >= 11 is 6.17. The zero-order valence-electron chi connectivity index (χ0n) is 12.5. The number of aromatic nitrogens is 2. The van der Waals surface area contributed by atoms with Gasteiger partial charge in [0, 0.05) is 17.1 Å². The van der Waals surface area contributed by atoms with Crippen molar-refractivity contribution in [2.75, 3.05) is 18.5 Å². The SMILES string of the molecule is OCCNc1nc2ccccc2n1CC(O)c1ccccc1Cl. The summed E-state index contributed by atoms with van der Waals surface area (Å²) in [6, 6.07) is 15.0. The third-order valence-corrected chi connectivity index (χ3v) is 4.01. The summed E-state index contributed by atoms with van der Waals surface area (Å²) in [5.41, 5.74) is 2.43. The first-order chi connectivity index (χ1) is 11.2. The van der Waals surface area contributed by atoms with Crippen LogP contribution in [0, 0.1) is 0 Å². The van der Waals surface area contributed by atoms with Crippen LogP contribution in [0.15, 0.2) is 48.5 Å². The lowest BCUT2D eigenvalue weighted by molar-refractivity contribution is 0.158. The third kappa shape index (κ3) is 3.32. The van der Waals surface area contributed by atoms with Gasteiger partial charge in [-0.15, -0.1) is 0 Å². The van der Waals surface area contributed by atoms with Gasteiger partial charge in [-0.25, -0.2) is 4.98 Å². The summed E-state index contributed by atoms with van der Waals surface area (Å²) in [5.74, 6) is 0.617. The van der Waals surface area contributed by atoms with E-state index in [9.17, 15) is 5.11 Å². The van der Waals surface area contributed by atoms with E-state index >= 15 is 0 Å². The third-order valence-electron chi connectivity index (χ3n) is 3.67. The Balaban J connectivity index is 1.96. The number of nitrogens with zero attached hydrogens (tertiary/aromatic N) is 2. The maximum atomic E-state index is 10.6. The van der Waals surface area contributed by atoms with E-state index in [4.69, 9.17) is 16.7 Å². The van der Waals surface area contributed by atoms with Gasteiger partial charge < -0.3 is 20.1 Å². The largest absolute Gasteiger partial charge is 0.395 e. The molecule has 5 nitrogen and oxygen atoms in total. The summed E-state index contributed by atoms with van der Waals surface area (Å²) in [5, 5.41) is 23.2. The molecule has 0 aliphatic heterocycles. The molecule has 0 radical (unpaired) electrons. The summed E-state index contributed by atoms with van der Waals surface area (Å²) < 4.78 is 1.90. The minimum absolute atomic E-state index is 0.0102. The number of imidazole rings is 1. The highest BCUT2D eigenvalue weighted by atomic mass is 35.5. The molecule has 6 heteroatoms. The number of benzene rings is 2. The summed E-state index contributed by atoms with van der Waals surface area (Å²) in [4.78, 5) is 4.52. The fraction of sp³-hybridized carbons (Fsp3) is 0.235. The highest BCUT2D eigenvalue weighted by Gasteiger charge is 2.16. The molecule has 0 aliphatic carbocycles. The van der Waals surface area contributed by atoms with Crippen molar-refractivity contribution in [2.45, 2.75) is 12.6 Å². The summed E-state index contributed by atoms with van der Waals surface area (Å²) in [6.07, 6.45) is -0.754. The Kier molecular flexibility index (Phi) is 4.81. The Hall–Kier alpha value is -2.08. The van der Waals surface area contributed by atoms with Crippen molar-refractivity contribution in [1.29, 1.82) is 0 Å². The van der Waals surface area contributed by atoms with Crippen molar-refractivity contribution in [3.63, 3.8) is 0 Å². The number of aliphatic hydroxyl groups is 2. The lowest BCUT2D eigenvalue weighted by Gasteiger charge is -2.16. The molecular weight excluding hydrogens is 314 g/mol. The van der Waals surface area contributed by atoms with Gasteiger partial charge in [0.2, 0.25) is 5.95 Å². The van der Waals surface area contributed by atoms with Crippen LogP contribution in [0.1, 0.15) is 11.7 Å². The van der Waals surface area contributed by atoms with Crippen LogP contribution in [0.5, 0.6) is 0 Å². The van der Waals surface area contributed by atoms with Gasteiger partial charge >= 0.3 is 0 Å². The average Bonchev–Trinajstić information content (AvgIpc) is 2.91. The average molecular weight is 332 g/mol. The predicted molar refractivity (Wildman–Crippen MR) is 91.7 cm³/mol. The van der Waals surface area contributed by atoms with Gasteiger partial charge in [0.05, 0.1) is 30.3 Å². The number of nitrogens with one attached hydrogen (secondary N) is 1. The number of aliphatic hydroxyl groups excluding tert-OH is 2. The van der Waals surface area contributed by atoms with E-state index in [1.54, 1.807) is 6.07 Å². The second-order valence-electron chi connectivity index (χ2n) is 5.22. The van der Waals surface area contributed by atoms with Gasteiger partial charge in [-0.1, -0.05) is 41.9 Å². The zero-order valence-corrected chi connectivity index (χ0v) is 13.2. The van der Waals surface area contributed by atoms with Gasteiger partial charge in [-0.2, -0.15) is 0 Å². The Bertz CT molecular complexity index is 803.